The summed E-state index contributed by atoms with van der Waals surface area (Å²) < 4.78 is 0. The van der Waals surface area contributed by atoms with E-state index in [1.807, 2.05) is 0 Å². The second-order valence-electron chi connectivity index (χ2n) is 7.22. The number of amides is 4. The molecule has 5 atom stereocenters. The molecule has 0 spiro atoms. The quantitative estimate of drug-likeness (QED) is 0.117. The molecule has 0 rings (SSSR count). The summed E-state index contributed by atoms with van der Waals surface area (Å²) >= 11 is 3.99. The fourth-order valence-electron chi connectivity index (χ4n) is 2.51. The van der Waals surface area contributed by atoms with Gasteiger partial charge >= 0.3 is 11.9 Å². The largest absolute Gasteiger partial charge is 0.481 e. The van der Waals surface area contributed by atoms with Gasteiger partial charge in [-0.05, 0) is 12.3 Å². The molecular weight excluding hydrogens is 446 g/mol. The van der Waals surface area contributed by atoms with Crippen molar-refractivity contribution in [3.05, 3.63) is 0 Å². The van der Waals surface area contributed by atoms with Crippen molar-refractivity contribution in [1.82, 2.24) is 16.0 Å². The van der Waals surface area contributed by atoms with Gasteiger partial charge in [-0.3, -0.25) is 24.0 Å². The van der Waals surface area contributed by atoms with Crippen molar-refractivity contribution >= 4 is 48.2 Å². The van der Waals surface area contributed by atoms with Gasteiger partial charge in [0, 0.05) is 12.2 Å². The highest BCUT2D eigenvalue weighted by Gasteiger charge is 2.32. The lowest BCUT2D eigenvalue weighted by Crippen LogP contribution is -2.59. The predicted molar refractivity (Wildman–Crippen MR) is 115 cm³/mol. The van der Waals surface area contributed by atoms with Crippen LogP contribution in [0.2, 0.25) is 0 Å². The molecule has 0 heterocycles. The van der Waals surface area contributed by atoms with Gasteiger partial charge in [0.15, 0.2) is 0 Å². The summed E-state index contributed by atoms with van der Waals surface area (Å²) in [5.74, 6) is -6.47. The van der Waals surface area contributed by atoms with Gasteiger partial charge in [-0.15, -0.1) is 0 Å². The zero-order chi connectivity index (χ0) is 25.0. The van der Waals surface area contributed by atoms with Crippen LogP contribution in [0.15, 0.2) is 0 Å². The number of carbonyl (C=O) groups is 6. The van der Waals surface area contributed by atoms with Crippen LogP contribution in [0.4, 0.5) is 0 Å². The number of carbonyl (C=O) groups excluding carboxylic acids is 4. The van der Waals surface area contributed by atoms with E-state index < -0.39 is 72.1 Å². The Kier molecular flexibility index (Phi) is 13.0. The van der Waals surface area contributed by atoms with Crippen LogP contribution < -0.4 is 27.4 Å². The Bertz CT molecular complexity index is 719. The molecule has 14 heteroatoms. The molecule has 0 aromatic rings. The van der Waals surface area contributed by atoms with Crippen molar-refractivity contribution in [3.63, 3.8) is 0 Å². The highest BCUT2D eigenvalue weighted by Crippen LogP contribution is 2.10. The number of hydrogen-bond acceptors (Lipinski definition) is 8. The Morgan fingerprint density at radius 3 is 1.94 bits per heavy atom. The van der Waals surface area contributed by atoms with Gasteiger partial charge in [0.2, 0.25) is 23.6 Å². The van der Waals surface area contributed by atoms with E-state index in [0.29, 0.717) is 6.42 Å². The highest BCUT2D eigenvalue weighted by molar-refractivity contribution is 7.80. The second-order valence-corrected chi connectivity index (χ2v) is 7.59. The summed E-state index contributed by atoms with van der Waals surface area (Å²) in [4.78, 5) is 70.3. The van der Waals surface area contributed by atoms with Gasteiger partial charge in [-0.2, -0.15) is 12.6 Å². The van der Waals surface area contributed by atoms with Crippen molar-refractivity contribution in [2.45, 2.75) is 63.7 Å². The second kappa shape index (κ2) is 14.2. The first-order chi connectivity index (χ1) is 14.8. The summed E-state index contributed by atoms with van der Waals surface area (Å²) in [6.45, 7) is 3.41. The number of nitrogens with two attached hydrogens (primary N) is 2. The summed E-state index contributed by atoms with van der Waals surface area (Å²) in [6, 6.07) is -5.17. The zero-order valence-electron chi connectivity index (χ0n) is 17.9. The van der Waals surface area contributed by atoms with Crippen LogP contribution in [0, 0.1) is 5.92 Å². The third-order valence-corrected chi connectivity index (χ3v) is 5.00. The molecule has 0 saturated heterocycles. The minimum atomic E-state index is -1.40. The molecule has 32 heavy (non-hydrogen) atoms. The first-order valence-electron chi connectivity index (χ1n) is 9.84. The Morgan fingerprint density at radius 1 is 0.938 bits per heavy atom. The van der Waals surface area contributed by atoms with Crippen LogP contribution in [0.5, 0.6) is 0 Å². The molecule has 0 aromatic heterocycles. The van der Waals surface area contributed by atoms with E-state index in [4.69, 9.17) is 16.6 Å². The van der Waals surface area contributed by atoms with E-state index in [0.717, 1.165) is 0 Å². The average Bonchev–Trinajstić information content (AvgIpc) is 2.70. The molecule has 0 saturated carbocycles. The van der Waals surface area contributed by atoms with Gasteiger partial charge in [0.05, 0.1) is 12.5 Å². The van der Waals surface area contributed by atoms with Crippen molar-refractivity contribution in [3.8, 4) is 0 Å². The van der Waals surface area contributed by atoms with Crippen molar-refractivity contribution < 1.29 is 39.0 Å². The summed E-state index contributed by atoms with van der Waals surface area (Å²) in [7, 11) is 0. The maximum atomic E-state index is 12.7. The zero-order valence-corrected chi connectivity index (χ0v) is 18.8. The Balaban J connectivity index is 5.33. The number of rotatable bonds is 15. The van der Waals surface area contributed by atoms with Gasteiger partial charge in [-0.25, -0.2) is 4.79 Å². The molecule has 0 aromatic carbocycles. The number of nitrogens with one attached hydrogen (secondary N) is 3. The summed E-state index contributed by atoms with van der Waals surface area (Å²) in [5, 5.41) is 25.0. The molecule has 0 aliphatic carbocycles. The smallest absolute Gasteiger partial charge is 0.326 e. The van der Waals surface area contributed by atoms with Crippen LogP contribution in [0.3, 0.4) is 0 Å². The lowest BCUT2D eigenvalue weighted by molar-refractivity contribution is -0.143. The van der Waals surface area contributed by atoms with E-state index in [2.05, 4.69) is 28.6 Å². The number of carboxylic acid groups (broad SMARTS) is 2. The minimum absolute atomic E-state index is 0.178. The first kappa shape index (κ1) is 29.1. The lowest BCUT2D eigenvalue weighted by Gasteiger charge is -2.27. The van der Waals surface area contributed by atoms with E-state index in [9.17, 15) is 33.9 Å². The van der Waals surface area contributed by atoms with Crippen LogP contribution in [-0.4, -0.2) is 75.7 Å². The molecule has 0 bridgehead atoms. The predicted octanol–water partition coefficient (Wildman–Crippen LogP) is -2.43. The van der Waals surface area contributed by atoms with E-state index >= 15 is 0 Å². The molecule has 9 N–H and O–H groups in total. The Morgan fingerprint density at radius 2 is 1.50 bits per heavy atom. The summed E-state index contributed by atoms with van der Waals surface area (Å²) in [6.07, 6.45) is -0.693. The third-order valence-electron chi connectivity index (χ3n) is 4.63. The van der Waals surface area contributed by atoms with Crippen LogP contribution >= 0.6 is 12.6 Å². The molecule has 0 radical (unpaired) electrons. The van der Waals surface area contributed by atoms with Crippen LogP contribution in [-0.2, 0) is 28.8 Å². The average molecular weight is 478 g/mol. The lowest BCUT2D eigenvalue weighted by atomic mass is 9.97. The Hall–Kier alpha value is -2.87. The highest BCUT2D eigenvalue weighted by atomic mass is 32.1. The minimum Gasteiger partial charge on any atom is -0.481 e. The van der Waals surface area contributed by atoms with Gasteiger partial charge in [0.25, 0.3) is 0 Å². The molecule has 4 amide bonds. The fourth-order valence-corrected chi connectivity index (χ4v) is 2.77. The maximum Gasteiger partial charge on any atom is 0.326 e. The SMILES string of the molecule is CCC(C)C(NC(=O)C(CS)NC(=O)C(N)CC(=O)O)C(=O)NC(CCC(N)=O)C(=O)O. The molecule has 0 fully saturated rings. The van der Waals surface area contributed by atoms with Crippen LogP contribution in [0.25, 0.3) is 0 Å². The number of thiol groups is 1. The molecule has 0 aliphatic rings. The molecule has 182 valence electrons. The Labute approximate surface area is 190 Å². The van der Waals surface area contributed by atoms with E-state index in [-0.39, 0.29) is 18.6 Å². The normalized spacial score (nSPS) is 15.4. The molecule has 13 nitrogen and oxygen atoms in total. The van der Waals surface area contributed by atoms with Gasteiger partial charge in [-0.1, -0.05) is 20.3 Å². The molecule has 5 unspecified atom stereocenters. The summed E-state index contributed by atoms with van der Waals surface area (Å²) in [5.41, 5.74) is 10.5. The number of hydrogen-bond donors (Lipinski definition) is 8. The molecule has 0 aliphatic heterocycles. The van der Waals surface area contributed by atoms with Crippen molar-refractivity contribution in [2.75, 3.05) is 5.75 Å². The van der Waals surface area contributed by atoms with Crippen molar-refractivity contribution in [1.29, 1.82) is 0 Å². The first-order valence-corrected chi connectivity index (χ1v) is 10.5. The number of aliphatic carboxylic acids is 2. The molecular formula is C18H31N5O8S. The fraction of sp³-hybridized carbons (Fsp3) is 0.667. The number of primary amides is 1. The topological polar surface area (TPSA) is 231 Å². The third kappa shape index (κ3) is 10.4. The standard InChI is InChI=1S/C18H31N5O8S/c1-3-8(2)14(17(29)21-10(18(30)31)4-5-12(20)24)23-16(28)11(7-32)22-15(27)9(19)6-13(25)26/h8-11,14,32H,3-7,19H2,1-2H3,(H2,20,24)(H,21,29)(H,22,27)(H,23,28)(H,25,26)(H,30,31). The van der Waals surface area contributed by atoms with E-state index in [1.54, 1.807) is 13.8 Å². The van der Waals surface area contributed by atoms with Gasteiger partial charge in [0.1, 0.15) is 18.1 Å². The van der Waals surface area contributed by atoms with E-state index in [1.165, 1.54) is 0 Å². The monoisotopic (exact) mass is 477 g/mol. The van der Waals surface area contributed by atoms with Gasteiger partial charge < -0.3 is 37.6 Å². The van der Waals surface area contributed by atoms with Crippen molar-refractivity contribution in [2.24, 2.45) is 17.4 Å². The maximum absolute atomic E-state index is 12.7. The van der Waals surface area contributed by atoms with Crippen LogP contribution in [0.1, 0.15) is 39.5 Å². The number of carboxylic acids is 2.